The number of nitrogens with one attached hydrogen (secondary N) is 2. The first-order chi connectivity index (χ1) is 10.5. The van der Waals surface area contributed by atoms with Crippen LogP contribution < -0.4 is 15.4 Å². The molecular formula is C17H28N2O3. The summed E-state index contributed by atoms with van der Waals surface area (Å²) in [5.74, 6) is 0.818. The van der Waals surface area contributed by atoms with E-state index in [4.69, 9.17) is 9.84 Å². The van der Waals surface area contributed by atoms with E-state index >= 15 is 0 Å². The Morgan fingerprint density at radius 3 is 2.73 bits per heavy atom. The number of carbonyl (C=O) groups excluding carboxylic acids is 1. The molecule has 5 heteroatoms. The first kappa shape index (κ1) is 18.3. The smallest absolute Gasteiger partial charge is 0.315 e. The van der Waals surface area contributed by atoms with E-state index in [0.29, 0.717) is 13.0 Å². The van der Waals surface area contributed by atoms with Crippen molar-refractivity contribution in [3.8, 4) is 5.75 Å². The van der Waals surface area contributed by atoms with Gasteiger partial charge in [0.05, 0.1) is 6.10 Å². The number of amides is 2. The van der Waals surface area contributed by atoms with Crippen LogP contribution in [0, 0.1) is 6.92 Å². The molecule has 0 spiro atoms. The molecule has 0 aliphatic heterocycles. The summed E-state index contributed by atoms with van der Waals surface area (Å²) >= 11 is 0. The van der Waals surface area contributed by atoms with Crippen LogP contribution in [0.4, 0.5) is 4.79 Å². The second kappa shape index (κ2) is 9.30. The first-order valence-electron chi connectivity index (χ1n) is 7.87. The zero-order valence-corrected chi connectivity index (χ0v) is 14.0. The van der Waals surface area contributed by atoms with E-state index < -0.39 is 0 Å². The van der Waals surface area contributed by atoms with Gasteiger partial charge in [0.2, 0.25) is 0 Å². The average molecular weight is 308 g/mol. The summed E-state index contributed by atoms with van der Waals surface area (Å²) in [6.07, 6.45) is 1.61. The second-order valence-electron chi connectivity index (χ2n) is 5.69. The van der Waals surface area contributed by atoms with Crippen LogP contribution in [0.3, 0.4) is 0 Å². The SMILES string of the molecule is CCC(C)Oc1cc(C)ccc1CNC(=O)N[C@H](C)CCO. The van der Waals surface area contributed by atoms with Gasteiger partial charge in [-0.05, 0) is 45.2 Å². The van der Waals surface area contributed by atoms with Crippen LogP contribution in [0.5, 0.6) is 5.75 Å². The molecule has 0 aromatic heterocycles. The number of aliphatic hydroxyl groups excluding tert-OH is 1. The van der Waals surface area contributed by atoms with Gasteiger partial charge in [0.25, 0.3) is 0 Å². The molecule has 1 aromatic rings. The highest BCUT2D eigenvalue weighted by molar-refractivity contribution is 5.74. The second-order valence-corrected chi connectivity index (χ2v) is 5.69. The Labute approximate surface area is 133 Å². The highest BCUT2D eigenvalue weighted by atomic mass is 16.5. The molecule has 0 saturated heterocycles. The first-order valence-corrected chi connectivity index (χ1v) is 7.87. The molecule has 0 aliphatic carbocycles. The van der Waals surface area contributed by atoms with Gasteiger partial charge in [0, 0.05) is 24.8 Å². The Balaban J connectivity index is 2.62. The van der Waals surface area contributed by atoms with Gasteiger partial charge in [0.15, 0.2) is 0 Å². The molecule has 0 radical (unpaired) electrons. The van der Waals surface area contributed by atoms with Crippen LogP contribution in [0.1, 0.15) is 44.7 Å². The lowest BCUT2D eigenvalue weighted by atomic mass is 10.1. The van der Waals surface area contributed by atoms with Crippen molar-refractivity contribution in [1.82, 2.24) is 10.6 Å². The summed E-state index contributed by atoms with van der Waals surface area (Å²) in [7, 11) is 0. The van der Waals surface area contributed by atoms with E-state index in [2.05, 4.69) is 17.6 Å². The Morgan fingerprint density at radius 2 is 2.09 bits per heavy atom. The Morgan fingerprint density at radius 1 is 1.36 bits per heavy atom. The van der Waals surface area contributed by atoms with Crippen LogP contribution in [-0.2, 0) is 6.54 Å². The number of benzene rings is 1. The van der Waals surface area contributed by atoms with Crippen LogP contribution in [0.2, 0.25) is 0 Å². The molecule has 3 N–H and O–H groups in total. The molecule has 1 unspecified atom stereocenters. The number of hydrogen-bond acceptors (Lipinski definition) is 3. The van der Waals surface area contributed by atoms with E-state index in [1.165, 1.54) is 0 Å². The molecule has 124 valence electrons. The fraction of sp³-hybridized carbons (Fsp3) is 0.588. The number of carbonyl (C=O) groups is 1. The Hall–Kier alpha value is -1.75. The van der Waals surface area contributed by atoms with Crippen molar-refractivity contribution in [2.45, 2.75) is 59.2 Å². The monoisotopic (exact) mass is 308 g/mol. The Bertz CT molecular complexity index is 477. The van der Waals surface area contributed by atoms with Crippen molar-refractivity contribution >= 4 is 6.03 Å². The third kappa shape index (κ3) is 6.35. The van der Waals surface area contributed by atoms with E-state index in [1.807, 2.05) is 39.0 Å². The average Bonchev–Trinajstić information content (AvgIpc) is 2.46. The number of ether oxygens (including phenoxy) is 1. The van der Waals surface area contributed by atoms with Gasteiger partial charge in [-0.2, -0.15) is 0 Å². The van der Waals surface area contributed by atoms with Gasteiger partial charge in [-0.15, -0.1) is 0 Å². The van der Waals surface area contributed by atoms with Crippen LogP contribution in [0.15, 0.2) is 18.2 Å². The van der Waals surface area contributed by atoms with Crippen molar-refractivity contribution in [3.05, 3.63) is 29.3 Å². The number of aliphatic hydroxyl groups is 1. The number of hydrogen-bond donors (Lipinski definition) is 3. The van der Waals surface area contributed by atoms with E-state index in [0.717, 1.165) is 23.3 Å². The minimum Gasteiger partial charge on any atom is -0.490 e. The van der Waals surface area contributed by atoms with Crippen LogP contribution in [0.25, 0.3) is 0 Å². The van der Waals surface area contributed by atoms with Crippen molar-refractivity contribution in [3.63, 3.8) is 0 Å². The number of rotatable bonds is 8. The minimum absolute atomic E-state index is 0.0566. The molecule has 0 aliphatic rings. The predicted molar refractivity (Wildman–Crippen MR) is 88.1 cm³/mol. The van der Waals surface area contributed by atoms with Gasteiger partial charge in [-0.1, -0.05) is 19.1 Å². The molecule has 0 saturated carbocycles. The van der Waals surface area contributed by atoms with Crippen LogP contribution in [-0.4, -0.2) is 29.9 Å². The van der Waals surface area contributed by atoms with Crippen molar-refractivity contribution in [1.29, 1.82) is 0 Å². The fourth-order valence-corrected chi connectivity index (χ4v) is 1.93. The molecule has 5 nitrogen and oxygen atoms in total. The molecular weight excluding hydrogens is 280 g/mol. The zero-order chi connectivity index (χ0) is 16.5. The largest absolute Gasteiger partial charge is 0.490 e. The summed E-state index contributed by atoms with van der Waals surface area (Å²) in [5.41, 5.74) is 2.08. The van der Waals surface area contributed by atoms with Crippen molar-refractivity contribution in [2.75, 3.05) is 6.61 Å². The van der Waals surface area contributed by atoms with Gasteiger partial charge < -0.3 is 20.5 Å². The van der Waals surface area contributed by atoms with Crippen LogP contribution >= 0.6 is 0 Å². The molecule has 1 aromatic carbocycles. The lowest BCUT2D eigenvalue weighted by Crippen LogP contribution is -2.40. The Kier molecular flexibility index (Phi) is 7.74. The zero-order valence-electron chi connectivity index (χ0n) is 14.0. The summed E-state index contributed by atoms with van der Waals surface area (Å²) in [5, 5.41) is 14.4. The maximum absolute atomic E-state index is 11.8. The number of urea groups is 1. The van der Waals surface area contributed by atoms with Gasteiger partial charge in [-0.3, -0.25) is 0 Å². The third-order valence-corrected chi connectivity index (χ3v) is 3.50. The van der Waals surface area contributed by atoms with Crippen molar-refractivity contribution in [2.24, 2.45) is 0 Å². The summed E-state index contributed by atoms with van der Waals surface area (Å²) in [4.78, 5) is 11.8. The molecule has 2 amide bonds. The maximum Gasteiger partial charge on any atom is 0.315 e. The fourth-order valence-electron chi connectivity index (χ4n) is 1.93. The summed E-state index contributed by atoms with van der Waals surface area (Å²) in [6, 6.07) is 5.68. The third-order valence-electron chi connectivity index (χ3n) is 3.50. The van der Waals surface area contributed by atoms with Gasteiger partial charge in [0.1, 0.15) is 5.75 Å². The lowest BCUT2D eigenvalue weighted by molar-refractivity contribution is 0.214. The molecule has 1 rings (SSSR count). The minimum atomic E-state index is -0.240. The topological polar surface area (TPSA) is 70.6 Å². The molecule has 0 fully saturated rings. The van der Waals surface area contributed by atoms with Crippen molar-refractivity contribution < 1.29 is 14.6 Å². The molecule has 22 heavy (non-hydrogen) atoms. The normalized spacial score (nSPS) is 13.3. The summed E-state index contributed by atoms with van der Waals surface area (Å²) < 4.78 is 5.92. The maximum atomic E-state index is 11.8. The van der Waals surface area contributed by atoms with E-state index in [-0.39, 0.29) is 24.8 Å². The van der Waals surface area contributed by atoms with E-state index in [1.54, 1.807) is 0 Å². The quantitative estimate of drug-likeness (QED) is 0.691. The lowest BCUT2D eigenvalue weighted by Gasteiger charge is -2.18. The molecule has 0 heterocycles. The molecule has 0 bridgehead atoms. The summed E-state index contributed by atoms with van der Waals surface area (Å²) in [6.45, 7) is 8.45. The van der Waals surface area contributed by atoms with Gasteiger partial charge in [-0.25, -0.2) is 4.79 Å². The predicted octanol–water partition coefficient (Wildman–Crippen LogP) is 2.74. The van der Waals surface area contributed by atoms with E-state index in [9.17, 15) is 4.79 Å². The molecule has 2 atom stereocenters. The highest BCUT2D eigenvalue weighted by Crippen LogP contribution is 2.22. The standard InChI is InChI=1S/C17H28N2O3/c1-5-14(4)22-16-10-12(2)6-7-15(16)11-18-17(21)19-13(3)8-9-20/h6-7,10,13-14,20H,5,8-9,11H2,1-4H3,(H2,18,19,21)/t13-,14?/m1/s1. The van der Waals surface area contributed by atoms with Gasteiger partial charge >= 0.3 is 6.03 Å². The highest BCUT2D eigenvalue weighted by Gasteiger charge is 2.10. The number of aryl methyl sites for hydroxylation is 1.